The van der Waals surface area contributed by atoms with Crippen molar-refractivity contribution in [2.45, 2.75) is 57.0 Å². The van der Waals surface area contributed by atoms with Crippen molar-refractivity contribution in [1.29, 1.82) is 0 Å². The van der Waals surface area contributed by atoms with Gasteiger partial charge >= 0.3 is 5.69 Å². The fourth-order valence-electron chi connectivity index (χ4n) is 9.23. The number of hydrogen-bond acceptors (Lipinski definition) is 11. The number of piperidine rings is 1. The summed E-state index contributed by atoms with van der Waals surface area (Å²) in [5, 5.41) is 16.9. The molecule has 3 N–H and O–H groups in total. The molecule has 4 fully saturated rings. The topological polar surface area (TPSA) is 172 Å². The van der Waals surface area contributed by atoms with Crippen molar-refractivity contribution in [3.05, 3.63) is 70.2 Å². The third-order valence-electron chi connectivity index (χ3n) is 12.6. The van der Waals surface area contributed by atoms with Gasteiger partial charge in [-0.1, -0.05) is 17.9 Å². The maximum absolute atomic E-state index is 14.3. The lowest BCUT2D eigenvalue weighted by atomic mass is 9.85. The first-order chi connectivity index (χ1) is 29.6. The van der Waals surface area contributed by atoms with Crippen molar-refractivity contribution in [1.82, 2.24) is 53.9 Å². The third-order valence-corrected chi connectivity index (χ3v) is 12.6. The van der Waals surface area contributed by atoms with Crippen LogP contribution in [0.1, 0.15) is 78.6 Å². The summed E-state index contributed by atoms with van der Waals surface area (Å²) in [4.78, 5) is 62.7. The number of imidazole rings is 1. The largest absolute Gasteiger partial charge is 0.354 e. The van der Waals surface area contributed by atoms with Gasteiger partial charge in [-0.25, -0.2) is 23.1 Å². The summed E-state index contributed by atoms with van der Waals surface area (Å²) in [6, 6.07) is 6.58. The van der Waals surface area contributed by atoms with Gasteiger partial charge in [0.2, 0.25) is 11.8 Å². The number of amides is 3. The van der Waals surface area contributed by atoms with Crippen molar-refractivity contribution >= 4 is 45.9 Å². The number of benzene rings is 1. The highest BCUT2D eigenvalue weighted by atomic mass is 19.3. The van der Waals surface area contributed by atoms with E-state index in [0.29, 0.717) is 34.7 Å². The molecule has 7 heterocycles. The Hall–Kier alpha value is -5.97. The van der Waals surface area contributed by atoms with Gasteiger partial charge in [-0.3, -0.25) is 38.4 Å². The molecule has 320 valence electrons. The number of carbonyl (C=O) groups excluding carboxylic acids is 3. The van der Waals surface area contributed by atoms with Crippen LogP contribution in [0.25, 0.3) is 16.7 Å². The van der Waals surface area contributed by atoms with Crippen LogP contribution in [0.2, 0.25) is 0 Å². The molecule has 1 atom stereocenters. The van der Waals surface area contributed by atoms with Crippen LogP contribution in [0.15, 0.2) is 47.7 Å². The van der Waals surface area contributed by atoms with Gasteiger partial charge in [0.25, 0.3) is 12.3 Å². The van der Waals surface area contributed by atoms with E-state index in [-0.39, 0.29) is 41.7 Å². The van der Waals surface area contributed by atoms with Gasteiger partial charge in [0, 0.05) is 84.8 Å². The van der Waals surface area contributed by atoms with Crippen molar-refractivity contribution < 1.29 is 23.2 Å². The lowest BCUT2D eigenvalue weighted by Gasteiger charge is -2.37. The standard InChI is InChI=1S/C42H49F2N13O4/c1-51-37-28(4-2-6-32(37)57(42(51)61)33-11-12-35(58)49-41(33)60)5-3-16-52-20-22-53(23-21-52)25-27-7-9-29(10-8-27)56-26-31(36(50-56)38(43)44)47-40(59)30-24-46-55-17-13-34(48-39(30)55)54-18-14-45-15-19-54/h2,4,6,13,17,24,26-27,29,33,38,45H,7-12,14-16,18-23,25H2,1H3,(H,47,59)(H,49,58,60)/t27-,29-,33?. The lowest BCUT2D eigenvalue weighted by molar-refractivity contribution is -0.135. The number of piperazine rings is 2. The van der Waals surface area contributed by atoms with Gasteiger partial charge in [0.15, 0.2) is 11.3 Å². The Labute approximate surface area is 350 Å². The zero-order valence-electron chi connectivity index (χ0n) is 34.0. The van der Waals surface area contributed by atoms with Gasteiger partial charge in [-0.2, -0.15) is 10.2 Å². The smallest absolute Gasteiger partial charge is 0.329 e. The summed E-state index contributed by atoms with van der Waals surface area (Å²) < 4.78 is 34.6. The number of alkyl halides is 2. The molecule has 17 nitrogen and oxygen atoms in total. The zero-order valence-corrected chi connectivity index (χ0v) is 34.0. The van der Waals surface area contributed by atoms with Crippen LogP contribution in [0.3, 0.4) is 0 Å². The average molecular weight is 838 g/mol. The number of aromatic nitrogens is 7. The van der Waals surface area contributed by atoms with Crippen LogP contribution in [0, 0.1) is 17.8 Å². The monoisotopic (exact) mass is 837 g/mol. The molecule has 0 bridgehead atoms. The van der Waals surface area contributed by atoms with Gasteiger partial charge in [-0.05, 0) is 56.2 Å². The molecule has 1 aliphatic carbocycles. The molecule has 9 rings (SSSR count). The second-order valence-corrected chi connectivity index (χ2v) is 16.4. The first-order valence-electron chi connectivity index (χ1n) is 21.1. The molecule has 1 saturated carbocycles. The van der Waals surface area contributed by atoms with E-state index in [1.54, 1.807) is 17.9 Å². The summed E-state index contributed by atoms with van der Waals surface area (Å²) in [6.45, 7) is 8.37. The van der Waals surface area contributed by atoms with Crippen molar-refractivity contribution in [2.24, 2.45) is 13.0 Å². The van der Waals surface area contributed by atoms with Crippen LogP contribution in [0.5, 0.6) is 0 Å². The molecule has 3 aliphatic heterocycles. The molecule has 61 heavy (non-hydrogen) atoms. The number of carbonyl (C=O) groups is 3. The third kappa shape index (κ3) is 8.27. The number of para-hydroxylation sites is 1. The minimum absolute atomic E-state index is 0.00571. The number of nitrogens with one attached hydrogen (secondary N) is 3. The molecule has 0 radical (unpaired) electrons. The second-order valence-electron chi connectivity index (χ2n) is 16.4. The summed E-state index contributed by atoms with van der Waals surface area (Å²) >= 11 is 0. The van der Waals surface area contributed by atoms with Crippen molar-refractivity contribution in [2.75, 3.05) is 75.7 Å². The molecule has 1 unspecified atom stereocenters. The van der Waals surface area contributed by atoms with E-state index in [0.717, 1.165) is 90.4 Å². The Bertz CT molecular complexity index is 2580. The Balaban J connectivity index is 0.768. The van der Waals surface area contributed by atoms with Gasteiger partial charge < -0.3 is 20.4 Å². The van der Waals surface area contributed by atoms with Crippen molar-refractivity contribution in [3.8, 4) is 11.8 Å². The average Bonchev–Trinajstić information content (AvgIpc) is 3.96. The van der Waals surface area contributed by atoms with Crippen LogP contribution in [-0.4, -0.2) is 126 Å². The highest BCUT2D eigenvalue weighted by molar-refractivity contribution is 6.08. The molecule has 3 saturated heterocycles. The second kappa shape index (κ2) is 17.2. The molecule has 1 aromatic carbocycles. The van der Waals surface area contributed by atoms with Crippen LogP contribution in [-0.2, 0) is 16.6 Å². The Morgan fingerprint density at radius 2 is 1.75 bits per heavy atom. The Kier molecular flexibility index (Phi) is 11.4. The predicted molar refractivity (Wildman–Crippen MR) is 223 cm³/mol. The number of aryl methyl sites for hydroxylation is 1. The summed E-state index contributed by atoms with van der Waals surface area (Å²) in [7, 11) is 1.68. The minimum Gasteiger partial charge on any atom is -0.354 e. The lowest BCUT2D eigenvalue weighted by Crippen LogP contribution is -2.48. The molecule has 19 heteroatoms. The first-order valence-corrected chi connectivity index (χ1v) is 21.1. The molecule has 3 amide bonds. The van der Waals surface area contributed by atoms with E-state index in [2.05, 4.69) is 52.7 Å². The molecular weight excluding hydrogens is 789 g/mol. The maximum atomic E-state index is 14.3. The van der Waals surface area contributed by atoms with Crippen LogP contribution < -0.4 is 26.5 Å². The van der Waals surface area contributed by atoms with E-state index < -0.39 is 30.0 Å². The highest BCUT2D eigenvalue weighted by Gasteiger charge is 2.32. The van der Waals surface area contributed by atoms with E-state index in [4.69, 9.17) is 4.98 Å². The summed E-state index contributed by atoms with van der Waals surface area (Å²) in [5.41, 5.74) is 1.77. The molecule has 4 aromatic heterocycles. The van der Waals surface area contributed by atoms with Gasteiger partial charge in [-0.15, -0.1) is 0 Å². The quantitative estimate of drug-likeness (QED) is 0.147. The number of hydrogen-bond donors (Lipinski definition) is 3. The summed E-state index contributed by atoms with van der Waals surface area (Å²) in [6.07, 6.45) is 5.80. The first kappa shape index (κ1) is 40.4. The number of anilines is 2. The maximum Gasteiger partial charge on any atom is 0.329 e. The normalized spacial score (nSPS) is 21.8. The zero-order chi connectivity index (χ0) is 42.2. The van der Waals surface area contributed by atoms with Gasteiger partial charge in [0.05, 0.1) is 41.1 Å². The Morgan fingerprint density at radius 3 is 2.51 bits per heavy atom. The van der Waals surface area contributed by atoms with Crippen LogP contribution >= 0.6 is 0 Å². The van der Waals surface area contributed by atoms with Gasteiger partial charge in [0.1, 0.15) is 17.4 Å². The number of nitrogens with zero attached hydrogens (tertiary/aromatic N) is 10. The molecule has 4 aliphatic rings. The highest BCUT2D eigenvalue weighted by Crippen LogP contribution is 2.35. The molecular formula is C42H49F2N13O4. The minimum atomic E-state index is -2.86. The Morgan fingerprint density at radius 1 is 0.984 bits per heavy atom. The van der Waals surface area contributed by atoms with Crippen molar-refractivity contribution in [3.63, 3.8) is 0 Å². The molecule has 0 spiro atoms. The van der Waals surface area contributed by atoms with Crippen LogP contribution in [0.4, 0.5) is 20.3 Å². The fourth-order valence-corrected chi connectivity index (χ4v) is 9.23. The van der Waals surface area contributed by atoms with E-state index in [1.165, 1.54) is 26.0 Å². The number of rotatable bonds is 9. The van der Waals surface area contributed by atoms with E-state index in [9.17, 15) is 28.0 Å². The van der Waals surface area contributed by atoms with E-state index >= 15 is 0 Å². The number of fused-ring (bicyclic) bond motifs is 2. The van der Waals surface area contributed by atoms with E-state index in [1.807, 2.05) is 24.3 Å². The fraction of sp³-hybridized carbons (Fsp3) is 0.500. The molecule has 5 aromatic rings. The predicted octanol–water partition coefficient (Wildman–Crippen LogP) is 2.56. The number of imide groups is 1. The summed E-state index contributed by atoms with van der Waals surface area (Å²) in [5.74, 6) is 6.42. The SMILES string of the molecule is Cn1c(=O)n(C2CCC(=O)NC2=O)c2cccc(C#CCN3CCN(C[C@H]4CC[C@H](n5cc(NC(=O)c6cnn7ccc(N8CCNCC8)nc67)c(C(F)F)n5)CC4)CC3)c21. The number of halogens is 2.